The van der Waals surface area contributed by atoms with E-state index in [1.54, 1.807) is 7.11 Å². The van der Waals surface area contributed by atoms with Crippen LogP contribution in [0.1, 0.15) is 29.4 Å². The predicted octanol–water partition coefficient (Wildman–Crippen LogP) is 3.72. The first-order valence-electron chi connectivity index (χ1n) is 9.33. The summed E-state index contributed by atoms with van der Waals surface area (Å²) in [5.41, 5.74) is 4.57. The van der Waals surface area contributed by atoms with Crippen molar-refractivity contribution in [3.63, 3.8) is 0 Å². The largest absolute Gasteiger partial charge is 0.383 e. The van der Waals surface area contributed by atoms with Gasteiger partial charge in [0, 0.05) is 36.5 Å². The molecule has 2 N–H and O–H groups in total. The van der Waals surface area contributed by atoms with Crippen molar-refractivity contribution in [1.82, 2.24) is 20.4 Å². The molecule has 1 aromatic heterocycles. The average molecular weight is 520 g/mol. The average Bonchev–Trinajstić information content (AvgIpc) is 2.93. The third-order valence-corrected chi connectivity index (χ3v) is 4.65. The van der Waals surface area contributed by atoms with Crippen molar-refractivity contribution >= 4 is 41.5 Å². The van der Waals surface area contributed by atoms with Crippen molar-refractivity contribution < 1.29 is 4.74 Å². The van der Waals surface area contributed by atoms with Gasteiger partial charge in [-0.1, -0.05) is 23.7 Å². The van der Waals surface area contributed by atoms with Crippen LogP contribution in [0.25, 0.3) is 0 Å². The number of nitrogens with one attached hydrogen (secondary N) is 2. The molecule has 0 fully saturated rings. The third kappa shape index (κ3) is 7.60. The van der Waals surface area contributed by atoms with Crippen molar-refractivity contribution in [2.24, 2.45) is 4.99 Å². The second-order valence-corrected chi connectivity index (χ2v) is 6.80. The molecule has 0 spiro atoms. The van der Waals surface area contributed by atoms with E-state index in [4.69, 9.17) is 21.3 Å². The highest BCUT2D eigenvalue weighted by atomic mass is 127. The quantitative estimate of drug-likeness (QED) is 0.301. The summed E-state index contributed by atoms with van der Waals surface area (Å²) in [6, 6.07) is 7.94. The minimum Gasteiger partial charge on any atom is -0.383 e. The maximum atomic E-state index is 5.93. The lowest BCUT2D eigenvalue weighted by atomic mass is 10.1. The number of ether oxygens (including phenoxy) is 1. The summed E-state index contributed by atoms with van der Waals surface area (Å²) in [5.74, 6) is 0.815. The SMILES string of the molecule is CCNC(=NCc1c(C)nn(CCOC)c1C)NCCc1ccc(Cl)cc1.I. The van der Waals surface area contributed by atoms with Gasteiger partial charge in [0.25, 0.3) is 0 Å². The summed E-state index contributed by atoms with van der Waals surface area (Å²) in [7, 11) is 1.70. The van der Waals surface area contributed by atoms with Gasteiger partial charge in [-0.15, -0.1) is 24.0 Å². The molecule has 2 rings (SSSR count). The molecule has 0 saturated heterocycles. The van der Waals surface area contributed by atoms with Gasteiger partial charge in [-0.3, -0.25) is 4.68 Å². The molecule has 1 heterocycles. The van der Waals surface area contributed by atoms with Gasteiger partial charge >= 0.3 is 0 Å². The lowest BCUT2D eigenvalue weighted by Crippen LogP contribution is -2.38. The number of guanidine groups is 1. The highest BCUT2D eigenvalue weighted by molar-refractivity contribution is 14.0. The van der Waals surface area contributed by atoms with Crippen LogP contribution in [0.2, 0.25) is 5.02 Å². The van der Waals surface area contributed by atoms with E-state index >= 15 is 0 Å². The van der Waals surface area contributed by atoms with Crippen LogP contribution in [0.15, 0.2) is 29.3 Å². The number of methoxy groups -OCH3 is 1. The smallest absolute Gasteiger partial charge is 0.191 e. The number of aliphatic imine (C=N–C) groups is 1. The number of halogens is 2. The molecule has 1 aromatic carbocycles. The van der Waals surface area contributed by atoms with Crippen molar-refractivity contribution in [2.45, 2.75) is 40.3 Å². The lowest BCUT2D eigenvalue weighted by Gasteiger charge is -2.11. The summed E-state index contributed by atoms with van der Waals surface area (Å²) in [4.78, 5) is 4.73. The van der Waals surface area contributed by atoms with Crippen LogP contribution in [-0.2, 0) is 24.2 Å². The maximum absolute atomic E-state index is 5.93. The maximum Gasteiger partial charge on any atom is 0.191 e. The second kappa shape index (κ2) is 13.0. The van der Waals surface area contributed by atoms with Crippen LogP contribution >= 0.6 is 35.6 Å². The fourth-order valence-electron chi connectivity index (χ4n) is 2.83. The van der Waals surface area contributed by atoms with Crippen LogP contribution in [0.5, 0.6) is 0 Å². The van der Waals surface area contributed by atoms with Gasteiger partial charge in [0.1, 0.15) is 0 Å². The fraction of sp³-hybridized carbons (Fsp3) is 0.500. The number of aromatic nitrogens is 2. The highest BCUT2D eigenvalue weighted by Crippen LogP contribution is 2.14. The Kier molecular flexibility index (Phi) is 11.5. The van der Waals surface area contributed by atoms with Gasteiger partial charge in [0.05, 0.1) is 25.4 Å². The Morgan fingerprint density at radius 1 is 1.21 bits per heavy atom. The number of aryl methyl sites for hydroxylation is 1. The molecule has 0 aliphatic rings. The summed E-state index contributed by atoms with van der Waals surface area (Å²) >= 11 is 5.93. The Morgan fingerprint density at radius 2 is 1.93 bits per heavy atom. The zero-order chi connectivity index (χ0) is 19.6. The molecule has 0 bridgehead atoms. The molecule has 2 aromatic rings. The van der Waals surface area contributed by atoms with Crippen LogP contribution < -0.4 is 10.6 Å². The van der Waals surface area contributed by atoms with Crippen LogP contribution in [0, 0.1) is 13.8 Å². The Balaban J connectivity index is 0.00000392. The third-order valence-electron chi connectivity index (χ3n) is 4.40. The Morgan fingerprint density at radius 3 is 2.57 bits per heavy atom. The van der Waals surface area contributed by atoms with E-state index in [1.165, 1.54) is 11.1 Å². The summed E-state index contributed by atoms with van der Waals surface area (Å²) in [5, 5.41) is 12.1. The molecule has 0 aliphatic carbocycles. The topological polar surface area (TPSA) is 63.5 Å². The number of rotatable bonds is 9. The molecule has 6 nitrogen and oxygen atoms in total. The first-order chi connectivity index (χ1) is 13.0. The van der Waals surface area contributed by atoms with Crippen molar-refractivity contribution in [3.8, 4) is 0 Å². The van der Waals surface area contributed by atoms with E-state index in [9.17, 15) is 0 Å². The first kappa shape index (κ1) is 24.7. The van der Waals surface area contributed by atoms with E-state index < -0.39 is 0 Å². The lowest BCUT2D eigenvalue weighted by molar-refractivity contribution is 0.182. The van der Waals surface area contributed by atoms with Crippen LogP contribution in [-0.4, -0.2) is 42.5 Å². The van der Waals surface area contributed by atoms with Crippen LogP contribution in [0.3, 0.4) is 0 Å². The number of nitrogens with zero attached hydrogens (tertiary/aromatic N) is 3. The van der Waals surface area contributed by atoms with E-state index in [1.807, 2.05) is 23.7 Å². The Labute approximate surface area is 190 Å². The number of benzene rings is 1. The van der Waals surface area contributed by atoms with E-state index in [0.29, 0.717) is 13.2 Å². The van der Waals surface area contributed by atoms with E-state index in [0.717, 1.165) is 48.4 Å². The molecule has 156 valence electrons. The van der Waals surface area contributed by atoms with Gasteiger partial charge in [0.2, 0.25) is 0 Å². The minimum atomic E-state index is 0. The highest BCUT2D eigenvalue weighted by Gasteiger charge is 2.11. The molecule has 0 atom stereocenters. The minimum absolute atomic E-state index is 0. The van der Waals surface area contributed by atoms with Gasteiger partial charge in [-0.2, -0.15) is 5.10 Å². The molecule has 0 aliphatic heterocycles. The summed E-state index contributed by atoms with van der Waals surface area (Å²) in [6.45, 7) is 9.81. The van der Waals surface area contributed by atoms with E-state index in [2.05, 4.69) is 41.7 Å². The first-order valence-corrected chi connectivity index (χ1v) is 9.71. The normalized spacial score (nSPS) is 11.2. The molecule has 28 heavy (non-hydrogen) atoms. The van der Waals surface area contributed by atoms with Crippen molar-refractivity contribution in [1.29, 1.82) is 0 Å². The number of hydrogen-bond donors (Lipinski definition) is 2. The van der Waals surface area contributed by atoms with Gasteiger partial charge in [-0.25, -0.2) is 4.99 Å². The second-order valence-electron chi connectivity index (χ2n) is 6.36. The monoisotopic (exact) mass is 519 g/mol. The summed E-state index contributed by atoms with van der Waals surface area (Å²) in [6.07, 6.45) is 0.911. The van der Waals surface area contributed by atoms with Crippen LogP contribution in [0.4, 0.5) is 0 Å². The molecular formula is C20H31ClIN5O. The van der Waals surface area contributed by atoms with E-state index in [-0.39, 0.29) is 24.0 Å². The van der Waals surface area contributed by atoms with Gasteiger partial charge < -0.3 is 15.4 Å². The Bertz CT molecular complexity index is 746. The fourth-order valence-corrected chi connectivity index (χ4v) is 2.96. The van der Waals surface area contributed by atoms with Gasteiger partial charge in [0.15, 0.2) is 5.96 Å². The molecular weight excluding hydrogens is 489 g/mol. The predicted molar refractivity (Wildman–Crippen MR) is 127 cm³/mol. The zero-order valence-corrected chi connectivity index (χ0v) is 20.2. The zero-order valence-electron chi connectivity index (χ0n) is 17.1. The summed E-state index contributed by atoms with van der Waals surface area (Å²) < 4.78 is 7.14. The Hall–Kier alpha value is -1.32. The molecule has 0 saturated carbocycles. The van der Waals surface area contributed by atoms with Crippen molar-refractivity contribution in [2.75, 3.05) is 26.8 Å². The van der Waals surface area contributed by atoms with Crippen molar-refractivity contribution in [3.05, 3.63) is 51.8 Å². The standard InChI is InChI=1S/C20H30ClN5O.HI/c1-5-22-20(23-11-10-17-6-8-18(21)9-7-17)24-14-19-15(2)25-26(16(19)3)12-13-27-4;/h6-9H,5,10-14H2,1-4H3,(H2,22,23,24);1H. The molecule has 8 heteroatoms. The molecule has 0 amide bonds. The number of hydrogen-bond acceptors (Lipinski definition) is 3. The molecule has 0 unspecified atom stereocenters. The van der Waals surface area contributed by atoms with Gasteiger partial charge in [-0.05, 0) is 44.9 Å². The molecule has 0 radical (unpaired) electrons.